The molecule has 8 heteroatoms. The molecule has 0 unspecified atom stereocenters. The van der Waals surface area contributed by atoms with Gasteiger partial charge in [-0.1, -0.05) is 13.0 Å². The highest BCUT2D eigenvalue weighted by molar-refractivity contribution is 5.76. The first-order chi connectivity index (χ1) is 17.0. The molecule has 1 saturated carbocycles. The summed E-state index contributed by atoms with van der Waals surface area (Å²) in [5.74, 6) is 1.19. The van der Waals surface area contributed by atoms with Crippen molar-refractivity contribution in [1.82, 2.24) is 15.3 Å². The Labute approximate surface area is 205 Å². The highest BCUT2D eigenvalue weighted by atomic mass is 16.5. The molecule has 0 radical (unpaired) electrons. The lowest BCUT2D eigenvalue weighted by Gasteiger charge is -2.21. The van der Waals surface area contributed by atoms with Gasteiger partial charge in [-0.2, -0.15) is 5.26 Å². The summed E-state index contributed by atoms with van der Waals surface area (Å²) >= 11 is 0. The molecule has 4 N–H and O–H groups in total. The number of aliphatic hydroxyl groups excluding tert-OH is 1. The summed E-state index contributed by atoms with van der Waals surface area (Å²) in [6.45, 7) is 5.98. The summed E-state index contributed by atoms with van der Waals surface area (Å²) in [4.78, 5) is 9.14. The van der Waals surface area contributed by atoms with E-state index >= 15 is 0 Å². The molecule has 1 atom stereocenters. The molecule has 3 aromatic rings. The van der Waals surface area contributed by atoms with E-state index in [4.69, 9.17) is 9.72 Å². The number of nitrogens with one attached hydrogen (secondary N) is 3. The molecule has 2 heterocycles. The maximum atomic E-state index is 9.99. The van der Waals surface area contributed by atoms with Crippen molar-refractivity contribution < 1.29 is 9.84 Å². The largest absolute Gasteiger partial charge is 0.490 e. The van der Waals surface area contributed by atoms with Crippen molar-refractivity contribution in [3.8, 4) is 23.1 Å². The average molecular weight is 471 g/mol. The minimum Gasteiger partial charge on any atom is -0.490 e. The number of nitriles is 1. The van der Waals surface area contributed by atoms with Gasteiger partial charge in [0, 0.05) is 36.3 Å². The van der Waals surface area contributed by atoms with E-state index in [1.54, 1.807) is 6.20 Å². The van der Waals surface area contributed by atoms with Crippen LogP contribution in [0.25, 0.3) is 11.3 Å². The number of fused-ring (bicyclic) bond motifs is 1. The molecule has 0 spiro atoms. The Kier molecular flexibility index (Phi) is 6.29. The third kappa shape index (κ3) is 4.92. The van der Waals surface area contributed by atoms with Crippen molar-refractivity contribution >= 4 is 17.3 Å². The number of aryl methyl sites for hydroxylation is 1. The number of aliphatic hydroxyl groups is 1. The fraction of sp³-hybridized carbons (Fsp3) is 0.370. The van der Waals surface area contributed by atoms with E-state index in [-0.39, 0.29) is 6.61 Å². The van der Waals surface area contributed by atoms with Gasteiger partial charge in [-0.15, -0.1) is 0 Å². The maximum Gasteiger partial charge on any atom is 0.227 e. The first kappa shape index (κ1) is 23.1. The fourth-order valence-electron chi connectivity index (χ4n) is 4.34. The van der Waals surface area contributed by atoms with Crippen molar-refractivity contribution in [1.29, 1.82) is 5.26 Å². The highest BCUT2D eigenvalue weighted by Crippen LogP contribution is 2.41. The molecule has 2 aliphatic rings. The molecule has 1 aliphatic carbocycles. The highest BCUT2D eigenvalue weighted by Gasteiger charge is 2.36. The Morgan fingerprint density at radius 3 is 2.89 bits per heavy atom. The molecule has 8 nitrogen and oxygen atoms in total. The molecule has 1 aliphatic heterocycles. The maximum absolute atomic E-state index is 9.99. The minimum absolute atomic E-state index is 0.00971. The molecule has 2 aromatic carbocycles. The van der Waals surface area contributed by atoms with Crippen LogP contribution in [0.4, 0.5) is 17.3 Å². The molecule has 1 fully saturated rings. The molecule has 5 rings (SSSR count). The van der Waals surface area contributed by atoms with Gasteiger partial charge in [-0.05, 0) is 61.2 Å². The Bertz CT molecular complexity index is 1280. The summed E-state index contributed by atoms with van der Waals surface area (Å²) < 4.78 is 6.03. The van der Waals surface area contributed by atoms with Gasteiger partial charge >= 0.3 is 0 Å². The summed E-state index contributed by atoms with van der Waals surface area (Å²) in [5, 5.41) is 29.8. The number of ether oxygens (including phenoxy) is 1. The van der Waals surface area contributed by atoms with Gasteiger partial charge in [0.05, 0.1) is 29.2 Å². The first-order valence-electron chi connectivity index (χ1n) is 12.0. The number of benzene rings is 2. The van der Waals surface area contributed by atoms with Crippen molar-refractivity contribution in [2.45, 2.75) is 38.1 Å². The zero-order valence-corrected chi connectivity index (χ0v) is 20.1. The van der Waals surface area contributed by atoms with Crippen LogP contribution < -0.4 is 20.7 Å². The standard InChI is InChI=1S/C27H30N6O2/c1-17-3-6-24(35-10-9-29-20-4-5-20)23(11-17)33-26-30-8-7-22(32-26)18-12-19(14-28)25-21(13-18)27(2,16-34)15-31-25/h3,6-8,11-13,20,29,31,34H,4-5,9-10,15-16H2,1-2H3,(H,30,32,33)/t27-/m1/s1. The Morgan fingerprint density at radius 2 is 2.11 bits per heavy atom. The molecule has 180 valence electrons. The molecule has 1 aromatic heterocycles. The monoisotopic (exact) mass is 470 g/mol. The zero-order valence-electron chi connectivity index (χ0n) is 20.1. The van der Waals surface area contributed by atoms with Crippen LogP contribution in [0, 0.1) is 18.3 Å². The summed E-state index contributed by atoms with van der Waals surface area (Å²) in [7, 11) is 0. The van der Waals surface area contributed by atoms with Gasteiger partial charge < -0.3 is 25.8 Å². The zero-order chi connectivity index (χ0) is 24.4. The van der Waals surface area contributed by atoms with Crippen LogP contribution in [0.5, 0.6) is 5.75 Å². The van der Waals surface area contributed by atoms with Crippen LogP contribution in [0.3, 0.4) is 0 Å². The topological polar surface area (TPSA) is 115 Å². The fourth-order valence-corrected chi connectivity index (χ4v) is 4.34. The predicted octanol–water partition coefficient (Wildman–Crippen LogP) is 3.87. The molecule has 0 amide bonds. The van der Waals surface area contributed by atoms with Gasteiger partial charge in [-0.3, -0.25) is 0 Å². The number of anilines is 3. The second-order valence-electron chi connectivity index (χ2n) is 9.60. The van der Waals surface area contributed by atoms with Crippen LogP contribution in [0.2, 0.25) is 0 Å². The van der Waals surface area contributed by atoms with Crippen LogP contribution in [0.15, 0.2) is 42.6 Å². The van der Waals surface area contributed by atoms with Gasteiger partial charge in [0.2, 0.25) is 5.95 Å². The second-order valence-corrected chi connectivity index (χ2v) is 9.60. The number of nitrogens with zero attached hydrogens (tertiary/aromatic N) is 3. The number of rotatable bonds is 9. The van der Waals surface area contributed by atoms with Gasteiger partial charge in [-0.25, -0.2) is 9.97 Å². The van der Waals surface area contributed by atoms with Crippen LogP contribution >= 0.6 is 0 Å². The first-order valence-corrected chi connectivity index (χ1v) is 12.0. The third-order valence-corrected chi connectivity index (χ3v) is 6.62. The van der Waals surface area contributed by atoms with Crippen molar-refractivity contribution in [3.05, 3.63) is 59.3 Å². The lowest BCUT2D eigenvalue weighted by molar-refractivity contribution is 0.219. The Morgan fingerprint density at radius 1 is 1.26 bits per heavy atom. The predicted molar refractivity (Wildman–Crippen MR) is 136 cm³/mol. The third-order valence-electron chi connectivity index (χ3n) is 6.62. The molecular formula is C27H30N6O2. The van der Waals surface area contributed by atoms with E-state index < -0.39 is 5.41 Å². The van der Waals surface area contributed by atoms with Crippen LogP contribution in [0.1, 0.15) is 36.5 Å². The van der Waals surface area contributed by atoms with E-state index in [1.165, 1.54) is 12.8 Å². The molecule has 0 saturated heterocycles. The average Bonchev–Trinajstić information content (AvgIpc) is 3.64. The Hall–Kier alpha value is -3.67. The van der Waals surface area contributed by atoms with E-state index in [9.17, 15) is 10.4 Å². The second kappa shape index (κ2) is 9.53. The van der Waals surface area contributed by atoms with E-state index in [1.807, 2.05) is 50.2 Å². The van der Waals surface area contributed by atoms with E-state index in [0.29, 0.717) is 36.4 Å². The van der Waals surface area contributed by atoms with E-state index in [0.717, 1.165) is 40.4 Å². The lowest BCUT2D eigenvalue weighted by Crippen LogP contribution is -2.28. The molecule has 35 heavy (non-hydrogen) atoms. The van der Waals surface area contributed by atoms with Gasteiger partial charge in [0.1, 0.15) is 18.4 Å². The van der Waals surface area contributed by atoms with Crippen molar-refractivity contribution in [3.63, 3.8) is 0 Å². The van der Waals surface area contributed by atoms with Crippen molar-refractivity contribution in [2.75, 3.05) is 36.9 Å². The van der Waals surface area contributed by atoms with Crippen LogP contribution in [-0.4, -0.2) is 47.4 Å². The molecular weight excluding hydrogens is 440 g/mol. The van der Waals surface area contributed by atoms with Crippen molar-refractivity contribution in [2.24, 2.45) is 0 Å². The number of hydrogen-bond acceptors (Lipinski definition) is 8. The van der Waals surface area contributed by atoms with Gasteiger partial charge in [0.15, 0.2) is 0 Å². The van der Waals surface area contributed by atoms with E-state index in [2.05, 4.69) is 27.0 Å². The van der Waals surface area contributed by atoms with Crippen LogP contribution in [-0.2, 0) is 5.41 Å². The normalized spacial score (nSPS) is 18.5. The smallest absolute Gasteiger partial charge is 0.227 e. The Balaban J connectivity index is 1.40. The summed E-state index contributed by atoms with van der Waals surface area (Å²) in [6, 6.07) is 14.6. The lowest BCUT2D eigenvalue weighted by atomic mass is 9.83. The number of hydrogen-bond donors (Lipinski definition) is 4. The summed E-state index contributed by atoms with van der Waals surface area (Å²) in [6.07, 6.45) is 4.20. The molecule has 0 bridgehead atoms. The SMILES string of the molecule is Cc1ccc(OCCNC2CC2)c(Nc2nccc(-c3cc(C#N)c4c(c3)[C@@](C)(CO)CN4)n2)c1. The number of aromatic nitrogens is 2. The minimum atomic E-state index is -0.451. The van der Waals surface area contributed by atoms with Gasteiger partial charge in [0.25, 0.3) is 0 Å². The quantitative estimate of drug-likeness (QED) is 0.349. The summed E-state index contributed by atoms with van der Waals surface area (Å²) in [5.41, 5.74) is 5.20.